The van der Waals surface area contributed by atoms with Crippen molar-refractivity contribution in [2.75, 3.05) is 35.3 Å². The number of hydrogen-bond acceptors (Lipinski definition) is 10. The Morgan fingerprint density at radius 2 is 1.76 bits per heavy atom. The fraction of sp³-hybridized carbons (Fsp3) is 0.387. The lowest BCUT2D eigenvalue weighted by molar-refractivity contribution is -0.148. The standard InChI is InChI=1S/C31H35N3O8/c1-33(2)13-14-6-9-21(42-5)17(10-14)16-7-8-20(35)23-18(16)11-15-12-19-25(34(3)4)27(37)24(30(32)40)29(39)31(19,41)28(38)22(15)26(23)36/h6-10,15,19,25,35,37-38,41H,11-13H2,1-5H3,(H2,32,40)/t15-,19+,25-,31-/m0/s1. The number of carbonyl (C=O) groups is 3. The maximum atomic E-state index is 14.0. The van der Waals surface area contributed by atoms with Crippen LogP contribution < -0.4 is 10.5 Å². The summed E-state index contributed by atoms with van der Waals surface area (Å²) in [5.74, 6) is -6.27. The highest BCUT2D eigenvalue weighted by Gasteiger charge is 2.63. The van der Waals surface area contributed by atoms with Crippen LogP contribution in [-0.4, -0.2) is 94.6 Å². The van der Waals surface area contributed by atoms with Crippen molar-refractivity contribution in [3.05, 3.63) is 69.7 Å². The number of fused-ring (bicyclic) bond motifs is 3. The van der Waals surface area contributed by atoms with E-state index in [0.717, 1.165) is 11.1 Å². The lowest BCUT2D eigenvalue weighted by atomic mass is 9.58. The maximum absolute atomic E-state index is 14.0. The van der Waals surface area contributed by atoms with Gasteiger partial charge in [-0.2, -0.15) is 0 Å². The predicted octanol–water partition coefficient (Wildman–Crippen LogP) is 1.86. The van der Waals surface area contributed by atoms with Crippen LogP contribution in [0.2, 0.25) is 0 Å². The van der Waals surface area contributed by atoms with Crippen LogP contribution in [0.25, 0.3) is 11.1 Å². The number of aliphatic hydroxyl groups excluding tert-OH is 2. The number of phenols is 1. The average Bonchev–Trinajstić information content (AvgIpc) is 2.90. The Bertz CT molecular complexity index is 1590. The second kappa shape index (κ2) is 10.3. The van der Waals surface area contributed by atoms with Crippen LogP contribution in [0.3, 0.4) is 0 Å². The number of aliphatic hydroxyl groups is 3. The first kappa shape index (κ1) is 29.3. The number of primary amides is 1. The topological polar surface area (TPSA) is 174 Å². The zero-order valence-electron chi connectivity index (χ0n) is 24.1. The molecule has 4 atom stereocenters. The number of ketones is 2. The van der Waals surface area contributed by atoms with E-state index in [1.807, 2.05) is 37.2 Å². The number of rotatable bonds is 6. The zero-order chi connectivity index (χ0) is 30.8. The highest BCUT2D eigenvalue weighted by Crippen LogP contribution is 2.53. The molecule has 42 heavy (non-hydrogen) atoms. The highest BCUT2D eigenvalue weighted by molar-refractivity contribution is 6.25. The molecule has 0 fully saturated rings. The second-order valence-corrected chi connectivity index (χ2v) is 11.7. The molecule has 11 heteroatoms. The summed E-state index contributed by atoms with van der Waals surface area (Å²) in [6.07, 6.45) is 0.192. The fourth-order valence-corrected chi connectivity index (χ4v) is 6.93. The number of benzene rings is 2. The van der Waals surface area contributed by atoms with Gasteiger partial charge in [-0.15, -0.1) is 0 Å². The summed E-state index contributed by atoms with van der Waals surface area (Å²) in [6, 6.07) is 7.81. The van der Waals surface area contributed by atoms with Gasteiger partial charge in [-0.05, 0) is 81.8 Å². The van der Waals surface area contributed by atoms with Crippen molar-refractivity contribution in [1.29, 1.82) is 0 Å². The van der Waals surface area contributed by atoms with Crippen molar-refractivity contribution in [3.8, 4) is 22.6 Å². The summed E-state index contributed by atoms with van der Waals surface area (Å²) in [4.78, 5) is 43.2. The number of ether oxygens (including phenoxy) is 1. The van der Waals surface area contributed by atoms with Crippen molar-refractivity contribution < 1.29 is 39.5 Å². The highest BCUT2D eigenvalue weighted by atomic mass is 16.5. The third-order valence-electron chi connectivity index (χ3n) is 8.66. The molecule has 222 valence electrons. The van der Waals surface area contributed by atoms with Gasteiger partial charge < -0.3 is 35.8 Å². The molecule has 3 aliphatic rings. The smallest absolute Gasteiger partial charge is 0.255 e. The zero-order valence-corrected chi connectivity index (χ0v) is 24.1. The Morgan fingerprint density at radius 1 is 1.07 bits per heavy atom. The third kappa shape index (κ3) is 4.19. The van der Waals surface area contributed by atoms with E-state index < -0.39 is 58.0 Å². The molecule has 0 radical (unpaired) electrons. The van der Waals surface area contributed by atoms with Gasteiger partial charge in [0.1, 0.15) is 28.6 Å². The minimum Gasteiger partial charge on any atom is -0.510 e. The Hall–Kier alpha value is -4.19. The minimum atomic E-state index is -2.68. The molecule has 0 bridgehead atoms. The Morgan fingerprint density at radius 3 is 2.36 bits per heavy atom. The van der Waals surface area contributed by atoms with Crippen LogP contribution in [0.4, 0.5) is 0 Å². The van der Waals surface area contributed by atoms with Gasteiger partial charge in [-0.25, -0.2) is 0 Å². The Labute approximate surface area is 243 Å². The molecule has 6 N–H and O–H groups in total. The van der Waals surface area contributed by atoms with E-state index in [2.05, 4.69) is 0 Å². The maximum Gasteiger partial charge on any atom is 0.255 e. The van der Waals surface area contributed by atoms with E-state index in [-0.39, 0.29) is 29.7 Å². The van der Waals surface area contributed by atoms with Crippen LogP contribution in [0.1, 0.15) is 27.9 Å². The number of allylic oxidation sites excluding steroid dienone is 1. The SMILES string of the molecule is COc1ccc(CN(C)C)cc1-c1ccc(O)c2c1C[C@H]1C[C@@H]3[C@H](N(C)C)C(O)=C(C(N)=O)C(=O)[C@@]3(O)C(O)=C1C2=O. The van der Waals surface area contributed by atoms with Crippen molar-refractivity contribution in [2.45, 2.75) is 31.0 Å². The predicted molar refractivity (Wildman–Crippen MR) is 153 cm³/mol. The number of nitrogens with zero attached hydrogens (tertiary/aromatic N) is 2. The average molecular weight is 578 g/mol. The van der Waals surface area contributed by atoms with E-state index >= 15 is 0 Å². The number of phenolic OH excluding ortho intramolecular Hbond substituents is 1. The summed E-state index contributed by atoms with van der Waals surface area (Å²) in [5, 5.41) is 45.1. The van der Waals surface area contributed by atoms with Crippen LogP contribution in [0, 0.1) is 11.8 Å². The number of nitrogens with two attached hydrogens (primary N) is 1. The summed E-state index contributed by atoms with van der Waals surface area (Å²) < 4.78 is 5.65. The molecule has 0 unspecified atom stereocenters. The van der Waals surface area contributed by atoms with E-state index in [1.54, 1.807) is 27.3 Å². The minimum absolute atomic E-state index is 0.0126. The quantitative estimate of drug-likeness (QED) is 0.319. The van der Waals surface area contributed by atoms with Crippen LogP contribution >= 0.6 is 0 Å². The summed E-state index contributed by atoms with van der Waals surface area (Å²) in [5.41, 5.74) is 4.55. The van der Waals surface area contributed by atoms with Gasteiger partial charge in [-0.1, -0.05) is 12.1 Å². The number of carbonyl (C=O) groups excluding carboxylic acids is 3. The number of Topliss-reactive ketones (excluding diaryl/α,β-unsaturated/α-hetero) is 2. The van der Waals surface area contributed by atoms with Crippen LogP contribution in [-0.2, 0) is 22.6 Å². The molecule has 0 aliphatic heterocycles. The number of likely N-dealkylation sites (N-methyl/N-ethyl adjacent to an activating group) is 1. The lowest BCUT2D eigenvalue weighted by Crippen LogP contribution is -2.63. The van der Waals surface area contributed by atoms with Crippen molar-refractivity contribution >= 4 is 17.5 Å². The first-order chi connectivity index (χ1) is 19.7. The Kier molecular flexibility index (Phi) is 7.16. The van der Waals surface area contributed by atoms with Gasteiger partial charge in [0.25, 0.3) is 5.91 Å². The molecule has 0 saturated heterocycles. The monoisotopic (exact) mass is 577 g/mol. The normalized spacial score (nSPS) is 25.5. The molecule has 3 aliphatic carbocycles. The fourth-order valence-electron chi connectivity index (χ4n) is 6.93. The van der Waals surface area contributed by atoms with Crippen LogP contribution in [0.5, 0.6) is 11.5 Å². The van der Waals surface area contributed by atoms with Gasteiger partial charge in [0, 0.05) is 23.6 Å². The molecule has 1 amide bonds. The molecule has 2 aromatic carbocycles. The molecule has 5 rings (SSSR count). The first-order valence-electron chi connectivity index (χ1n) is 13.6. The van der Waals surface area contributed by atoms with Gasteiger partial charge in [0.05, 0.1) is 18.7 Å². The van der Waals surface area contributed by atoms with E-state index in [4.69, 9.17) is 10.5 Å². The summed E-state index contributed by atoms with van der Waals surface area (Å²) in [7, 11) is 8.63. The molecular formula is C31H35N3O8. The molecule has 0 spiro atoms. The number of amides is 1. The van der Waals surface area contributed by atoms with E-state index in [0.29, 0.717) is 23.4 Å². The Balaban J connectivity index is 1.72. The molecule has 0 aromatic heterocycles. The van der Waals surface area contributed by atoms with Crippen molar-refractivity contribution in [3.63, 3.8) is 0 Å². The molecule has 11 nitrogen and oxygen atoms in total. The van der Waals surface area contributed by atoms with Gasteiger partial charge in [0.2, 0.25) is 5.78 Å². The van der Waals surface area contributed by atoms with E-state index in [9.17, 15) is 34.8 Å². The van der Waals surface area contributed by atoms with Crippen LogP contribution in [0.15, 0.2) is 53.0 Å². The third-order valence-corrected chi connectivity index (χ3v) is 8.66. The molecule has 2 aromatic rings. The number of hydrogen-bond donors (Lipinski definition) is 5. The molecule has 0 heterocycles. The first-order valence-corrected chi connectivity index (χ1v) is 13.6. The van der Waals surface area contributed by atoms with Crippen molar-refractivity contribution in [2.24, 2.45) is 17.6 Å². The van der Waals surface area contributed by atoms with Gasteiger partial charge in [-0.3, -0.25) is 19.3 Å². The molecular weight excluding hydrogens is 542 g/mol. The lowest BCUT2D eigenvalue weighted by Gasteiger charge is -2.50. The van der Waals surface area contributed by atoms with Gasteiger partial charge >= 0.3 is 0 Å². The molecule has 0 saturated carbocycles. The van der Waals surface area contributed by atoms with E-state index in [1.165, 1.54) is 11.0 Å². The van der Waals surface area contributed by atoms with Crippen molar-refractivity contribution in [1.82, 2.24) is 9.80 Å². The largest absolute Gasteiger partial charge is 0.510 e. The number of aromatic hydroxyl groups is 1. The summed E-state index contributed by atoms with van der Waals surface area (Å²) in [6.45, 7) is 0.657. The second-order valence-electron chi connectivity index (χ2n) is 11.7. The number of methoxy groups -OCH3 is 1. The summed E-state index contributed by atoms with van der Waals surface area (Å²) >= 11 is 0. The van der Waals surface area contributed by atoms with Gasteiger partial charge in [0.15, 0.2) is 11.4 Å².